The largest absolute Gasteiger partial charge is 0.352 e. The van der Waals surface area contributed by atoms with Crippen molar-refractivity contribution in [3.63, 3.8) is 0 Å². The van der Waals surface area contributed by atoms with Gasteiger partial charge in [0.15, 0.2) is 0 Å². The monoisotopic (exact) mass is 254 g/mol. The van der Waals surface area contributed by atoms with Crippen molar-refractivity contribution in [3.8, 4) is 0 Å². The minimum Gasteiger partial charge on any atom is -0.352 e. The van der Waals surface area contributed by atoms with Crippen LogP contribution in [0.25, 0.3) is 0 Å². The highest BCUT2D eigenvalue weighted by Crippen LogP contribution is 2.20. The summed E-state index contributed by atoms with van der Waals surface area (Å²) in [6, 6.07) is 0.115. The number of carbonyl (C=O) groups excluding carboxylic acids is 2. The minimum atomic E-state index is -0.0102. The van der Waals surface area contributed by atoms with Gasteiger partial charge in [-0.3, -0.25) is 9.59 Å². The Morgan fingerprint density at radius 3 is 2.39 bits per heavy atom. The first-order valence-corrected chi connectivity index (χ1v) is 7.03. The SMILES string of the molecule is CCC(CC)C(=O)N1CC(C)CC(NC(C)=O)C1. The molecule has 1 aliphatic rings. The van der Waals surface area contributed by atoms with Crippen LogP contribution >= 0.6 is 0 Å². The van der Waals surface area contributed by atoms with E-state index in [0.717, 1.165) is 25.8 Å². The summed E-state index contributed by atoms with van der Waals surface area (Å²) in [5.41, 5.74) is 0. The molecule has 4 heteroatoms. The zero-order chi connectivity index (χ0) is 13.7. The number of nitrogens with one attached hydrogen (secondary N) is 1. The Balaban J connectivity index is 2.64. The van der Waals surface area contributed by atoms with Crippen LogP contribution in [0.3, 0.4) is 0 Å². The Kier molecular flexibility index (Phi) is 5.63. The fourth-order valence-corrected chi connectivity index (χ4v) is 2.82. The van der Waals surface area contributed by atoms with Gasteiger partial charge in [-0.05, 0) is 25.2 Å². The van der Waals surface area contributed by atoms with Gasteiger partial charge in [-0.25, -0.2) is 0 Å². The first-order valence-electron chi connectivity index (χ1n) is 7.03. The van der Waals surface area contributed by atoms with Crippen LogP contribution in [0.5, 0.6) is 0 Å². The van der Waals surface area contributed by atoms with Crippen LogP contribution in [0.1, 0.15) is 47.0 Å². The van der Waals surface area contributed by atoms with Gasteiger partial charge in [-0.2, -0.15) is 0 Å². The van der Waals surface area contributed by atoms with E-state index >= 15 is 0 Å². The number of amides is 2. The predicted molar refractivity (Wildman–Crippen MR) is 72.0 cm³/mol. The lowest BCUT2D eigenvalue weighted by Crippen LogP contribution is -2.53. The van der Waals surface area contributed by atoms with Gasteiger partial charge in [0.1, 0.15) is 0 Å². The van der Waals surface area contributed by atoms with E-state index in [2.05, 4.69) is 26.1 Å². The molecule has 4 nitrogen and oxygen atoms in total. The van der Waals surface area contributed by atoms with Crippen LogP contribution in [0.4, 0.5) is 0 Å². The van der Waals surface area contributed by atoms with Crippen molar-refractivity contribution in [3.05, 3.63) is 0 Å². The molecular formula is C14H26N2O2. The van der Waals surface area contributed by atoms with Gasteiger partial charge in [0, 0.05) is 32.0 Å². The molecule has 1 heterocycles. The average Bonchev–Trinajstić information content (AvgIpc) is 2.28. The highest BCUT2D eigenvalue weighted by atomic mass is 16.2. The van der Waals surface area contributed by atoms with Crippen LogP contribution in [0.15, 0.2) is 0 Å². The van der Waals surface area contributed by atoms with Crippen LogP contribution < -0.4 is 5.32 Å². The average molecular weight is 254 g/mol. The van der Waals surface area contributed by atoms with Crippen LogP contribution in [0.2, 0.25) is 0 Å². The molecule has 2 amide bonds. The molecule has 1 aliphatic heterocycles. The summed E-state index contributed by atoms with van der Waals surface area (Å²) in [7, 11) is 0. The van der Waals surface area contributed by atoms with Crippen molar-refractivity contribution >= 4 is 11.8 Å². The molecular weight excluding hydrogens is 228 g/mol. The summed E-state index contributed by atoms with van der Waals surface area (Å²) in [5, 5.41) is 2.94. The Bertz CT molecular complexity index is 300. The number of rotatable bonds is 4. The number of likely N-dealkylation sites (tertiary alicyclic amines) is 1. The Hall–Kier alpha value is -1.06. The molecule has 0 aliphatic carbocycles. The molecule has 1 fully saturated rings. The molecule has 0 bridgehead atoms. The van der Waals surface area contributed by atoms with Gasteiger partial charge < -0.3 is 10.2 Å². The molecule has 1 rings (SSSR count). The third-order valence-electron chi connectivity index (χ3n) is 3.71. The second kappa shape index (κ2) is 6.76. The second-order valence-corrected chi connectivity index (χ2v) is 5.49. The summed E-state index contributed by atoms with van der Waals surface area (Å²) < 4.78 is 0. The van der Waals surface area contributed by atoms with E-state index in [0.29, 0.717) is 12.5 Å². The maximum atomic E-state index is 12.4. The quantitative estimate of drug-likeness (QED) is 0.831. The number of hydrogen-bond donors (Lipinski definition) is 1. The van der Waals surface area contributed by atoms with E-state index in [1.807, 2.05) is 4.90 Å². The Morgan fingerprint density at radius 1 is 1.28 bits per heavy atom. The molecule has 0 aromatic carbocycles. The molecule has 0 aromatic rings. The van der Waals surface area contributed by atoms with E-state index in [-0.39, 0.29) is 23.8 Å². The predicted octanol–water partition coefficient (Wildman–Crippen LogP) is 1.80. The molecule has 104 valence electrons. The summed E-state index contributed by atoms with van der Waals surface area (Å²) in [5.74, 6) is 0.827. The molecule has 2 unspecified atom stereocenters. The zero-order valence-electron chi connectivity index (χ0n) is 12.0. The molecule has 0 spiro atoms. The highest BCUT2D eigenvalue weighted by molar-refractivity contribution is 5.79. The van der Waals surface area contributed by atoms with E-state index < -0.39 is 0 Å². The topological polar surface area (TPSA) is 49.4 Å². The van der Waals surface area contributed by atoms with E-state index in [1.165, 1.54) is 6.92 Å². The lowest BCUT2D eigenvalue weighted by Gasteiger charge is -2.38. The van der Waals surface area contributed by atoms with Gasteiger partial charge in [0.05, 0.1) is 0 Å². The van der Waals surface area contributed by atoms with Crippen LogP contribution in [0, 0.1) is 11.8 Å². The normalized spacial score (nSPS) is 24.2. The van der Waals surface area contributed by atoms with Gasteiger partial charge >= 0.3 is 0 Å². The third-order valence-corrected chi connectivity index (χ3v) is 3.71. The summed E-state index contributed by atoms with van der Waals surface area (Å²) >= 11 is 0. The van der Waals surface area contributed by atoms with Crippen molar-refractivity contribution in [1.82, 2.24) is 10.2 Å². The Morgan fingerprint density at radius 2 is 1.89 bits per heavy atom. The fraction of sp³-hybridized carbons (Fsp3) is 0.857. The summed E-state index contributed by atoms with van der Waals surface area (Å²) in [4.78, 5) is 25.4. The molecule has 1 N–H and O–H groups in total. The lowest BCUT2D eigenvalue weighted by molar-refractivity contribution is -0.138. The summed E-state index contributed by atoms with van der Waals surface area (Å²) in [6.45, 7) is 9.29. The molecule has 2 atom stereocenters. The van der Waals surface area contributed by atoms with Crippen molar-refractivity contribution in [2.45, 2.75) is 53.0 Å². The molecule has 0 saturated carbocycles. The maximum absolute atomic E-state index is 12.4. The first kappa shape index (κ1) is 15.0. The number of carbonyl (C=O) groups is 2. The van der Waals surface area contributed by atoms with Crippen LogP contribution in [-0.2, 0) is 9.59 Å². The zero-order valence-corrected chi connectivity index (χ0v) is 12.0. The summed E-state index contributed by atoms with van der Waals surface area (Å²) in [6.07, 6.45) is 2.75. The number of piperidine rings is 1. The fourth-order valence-electron chi connectivity index (χ4n) is 2.82. The number of hydrogen-bond acceptors (Lipinski definition) is 2. The number of nitrogens with zero attached hydrogens (tertiary/aromatic N) is 1. The van der Waals surface area contributed by atoms with E-state index in [9.17, 15) is 9.59 Å². The van der Waals surface area contributed by atoms with Crippen molar-refractivity contribution in [2.24, 2.45) is 11.8 Å². The highest BCUT2D eigenvalue weighted by Gasteiger charge is 2.30. The Labute approximate surface area is 110 Å². The standard InChI is InChI=1S/C14H26N2O2/c1-5-12(6-2)14(18)16-8-10(3)7-13(9-16)15-11(4)17/h10,12-13H,5-9H2,1-4H3,(H,15,17). The first-order chi connectivity index (χ1) is 8.47. The van der Waals surface area contributed by atoms with E-state index in [1.54, 1.807) is 0 Å². The van der Waals surface area contributed by atoms with Crippen LogP contribution in [-0.4, -0.2) is 35.8 Å². The van der Waals surface area contributed by atoms with Gasteiger partial charge in [0.2, 0.25) is 11.8 Å². The smallest absolute Gasteiger partial charge is 0.225 e. The lowest BCUT2D eigenvalue weighted by atomic mass is 9.93. The molecule has 1 saturated heterocycles. The minimum absolute atomic E-state index is 0.0102. The molecule has 0 aromatic heterocycles. The molecule has 0 radical (unpaired) electrons. The van der Waals surface area contributed by atoms with Gasteiger partial charge in [0.25, 0.3) is 0 Å². The second-order valence-electron chi connectivity index (χ2n) is 5.49. The third kappa shape index (κ3) is 4.00. The van der Waals surface area contributed by atoms with Gasteiger partial charge in [-0.1, -0.05) is 20.8 Å². The van der Waals surface area contributed by atoms with E-state index in [4.69, 9.17) is 0 Å². The van der Waals surface area contributed by atoms with Crippen molar-refractivity contribution in [2.75, 3.05) is 13.1 Å². The van der Waals surface area contributed by atoms with Crippen molar-refractivity contribution < 1.29 is 9.59 Å². The van der Waals surface area contributed by atoms with Gasteiger partial charge in [-0.15, -0.1) is 0 Å². The molecule has 18 heavy (non-hydrogen) atoms. The van der Waals surface area contributed by atoms with Crippen molar-refractivity contribution in [1.29, 1.82) is 0 Å². The maximum Gasteiger partial charge on any atom is 0.225 e.